The zero-order chi connectivity index (χ0) is 29.9. The second-order valence-corrected chi connectivity index (χ2v) is 12.2. The van der Waals surface area contributed by atoms with E-state index in [1.807, 2.05) is 6.92 Å². The van der Waals surface area contributed by atoms with E-state index in [9.17, 15) is 23.1 Å². The van der Waals surface area contributed by atoms with Gasteiger partial charge in [-0.2, -0.15) is 4.31 Å². The first kappa shape index (κ1) is 30.1. The Morgan fingerprint density at radius 3 is 2.71 bits per heavy atom. The Kier molecular flexibility index (Phi) is 9.04. The summed E-state index contributed by atoms with van der Waals surface area (Å²) in [6.45, 7) is 6.55. The van der Waals surface area contributed by atoms with Crippen LogP contribution in [-0.2, 0) is 32.6 Å². The molecule has 222 valence electrons. The van der Waals surface area contributed by atoms with E-state index in [-0.39, 0.29) is 66.7 Å². The molecule has 1 aromatic carbocycles. The van der Waals surface area contributed by atoms with Crippen LogP contribution in [0.5, 0.6) is 5.75 Å². The zero-order valence-electron chi connectivity index (χ0n) is 23.5. The molecule has 3 aromatic rings. The van der Waals surface area contributed by atoms with Gasteiger partial charge in [0.15, 0.2) is 5.76 Å². The number of likely N-dealkylation sites (N-methyl/N-ethyl adjacent to an activating group) is 1. The minimum atomic E-state index is -3.96. The van der Waals surface area contributed by atoms with Crippen LogP contribution in [-0.4, -0.2) is 98.8 Å². The maximum atomic E-state index is 13.4. The Morgan fingerprint density at radius 1 is 1.32 bits per heavy atom. The monoisotopic (exact) mass is 590 g/mol. The highest BCUT2D eigenvalue weighted by atomic mass is 32.2. The van der Waals surface area contributed by atoms with Crippen LogP contribution < -0.4 is 10.1 Å². The third-order valence-electron chi connectivity index (χ3n) is 6.97. The number of carbonyl (C=O) groups excluding carboxylic acids is 2. The molecule has 0 radical (unpaired) electrons. The number of carbonyl (C=O) groups is 2. The molecule has 0 fully saturated rings. The van der Waals surface area contributed by atoms with Crippen LogP contribution in [0.2, 0.25) is 0 Å². The first-order valence-corrected chi connectivity index (χ1v) is 14.4. The van der Waals surface area contributed by atoms with Gasteiger partial charge in [-0.25, -0.2) is 13.1 Å². The number of hydrogen-bond donors (Lipinski definition) is 2. The molecule has 16 heteroatoms. The van der Waals surface area contributed by atoms with Crippen molar-refractivity contribution in [3.63, 3.8) is 0 Å². The highest BCUT2D eigenvalue weighted by molar-refractivity contribution is 7.89. The lowest BCUT2D eigenvalue weighted by molar-refractivity contribution is -0.134. The molecule has 0 bridgehead atoms. The second-order valence-electron chi connectivity index (χ2n) is 10.2. The fourth-order valence-electron chi connectivity index (χ4n) is 4.68. The molecule has 4 rings (SSSR count). The lowest BCUT2D eigenvalue weighted by Crippen LogP contribution is -2.48. The average molecular weight is 591 g/mol. The number of fused-ring (bicyclic) bond motifs is 1. The predicted octanol–water partition coefficient (Wildman–Crippen LogP) is 0.386. The number of amides is 2. The van der Waals surface area contributed by atoms with Gasteiger partial charge in [0, 0.05) is 30.8 Å². The van der Waals surface area contributed by atoms with E-state index < -0.39 is 22.2 Å². The largest absolute Gasteiger partial charge is 0.488 e. The van der Waals surface area contributed by atoms with Gasteiger partial charge in [0.05, 0.1) is 25.6 Å². The molecule has 1 aliphatic heterocycles. The molecule has 0 aliphatic carbocycles. The number of anilines is 1. The molecule has 15 nitrogen and oxygen atoms in total. The summed E-state index contributed by atoms with van der Waals surface area (Å²) in [6, 6.07) is 4.45. The number of nitrogens with one attached hydrogen (secondary N) is 1. The smallest absolute Gasteiger partial charge is 0.248 e. The van der Waals surface area contributed by atoms with Crippen LogP contribution in [0.25, 0.3) is 0 Å². The highest BCUT2D eigenvalue weighted by Crippen LogP contribution is 2.30. The molecule has 3 heterocycles. The van der Waals surface area contributed by atoms with E-state index in [4.69, 9.17) is 9.26 Å². The van der Waals surface area contributed by atoms with E-state index in [1.165, 1.54) is 29.3 Å². The summed E-state index contributed by atoms with van der Waals surface area (Å²) in [6.07, 6.45) is 0.592. The third kappa shape index (κ3) is 6.71. The summed E-state index contributed by atoms with van der Waals surface area (Å²) in [5, 5.41) is 27.1. The van der Waals surface area contributed by atoms with Gasteiger partial charge in [0.2, 0.25) is 21.8 Å². The van der Waals surface area contributed by atoms with Gasteiger partial charge in [-0.3, -0.25) is 9.59 Å². The molecule has 41 heavy (non-hydrogen) atoms. The summed E-state index contributed by atoms with van der Waals surface area (Å²) >= 11 is 0. The van der Waals surface area contributed by atoms with Gasteiger partial charge in [0.1, 0.15) is 35.3 Å². The minimum absolute atomic E-state index is 0.00360. The van der Waals surface area contributed by atoms with Crippen molar-refractivity contribution in [1.29, 1.82) is 0 Å². The fraction of sp³-hybridized carbons (Fsp3) is 0.520. The Labute approximate surface area is 237 Å². The lowest BCUT2D eigenvalue weighted by Gasteiger charge is -2.33. The summed E-state index contributed by atoms with van der Waals surface area (Å²) in [5.74, 6) is -0.364. The topological polar surface area (TPSA) is 186 Å². The highest BCUT2D eigenvalue weighted by Gasteiger charge is 2.35. The number of ether oxygens (including phenoxy) is 1. The molecule has 1 aliphatic rings. The number of aryl methyl sites for hydroxylation is 2. The summed E-state index contributed by atoms with van der Waals surface area (Å²) < 4.78 is 40.8. The Hall–Kier alpha value is -3.89. The first-order valence-electron chi connectivity index (χ1n) is 13.0. The number of hydrogen-bond acceptors (Lipinski definition) is 11. The Morgan fingerprint density at radius 2 is 2.07 bits per heavy atom. The number of aliphatic hydroxyl groups excluding tert-OH is 1. The quantitative estimate of drug-likeness (QED) is 0.351. The number of aliphatic hydroxyl groups is 1. The second kappa shape index (κ2) is 12.3. The molecule has 0 unspecified atom stereocenters. The van der Waals surface area contributed by atoms with Crippen molar-refractivity contribution in [1.82, 2.24) is 34.6 Å². The maximum absolute atomic E-state index is 13.4. The van der Waals surface area contributed by atoms with Gasteiger partial charge < -0.3 is 24.6 Å². The fourth-order valence-corrected chi connectivity index (χ4v) is 6.14. The van der Waals surface area contributed by atoms with Crippen molar-refractivity contribution < 1.29 is 32.4 Å². The lowest BCUT2D eigenvalue weighted by atomic mass is 10.0. The van der Waals surface area contributed by atoms with Gasteiger partial charge in [-0.15, -0.1) is 5.10 Å². The van der Waals surface area contributed by atoms with Crippen LogP contribution in [0.4, 0.5) is 5.69 Å². The molecule has 0 saturated carbocycles. The molecular weight excluding hydrogens is 556 g/mol. The first-order chi connectivity index (χ1) is 19.4. The SMILES string of the molecule is Cc1noc(C)c1S(=O)(=O)N(C)C[C@H]1Oc2ccc(NC(=O)Cn3cnnn3)cc2CC(=O)N([C@H](C)CO)C[C@H]1C. The number of rotatable bonds is 9. The zero-order valence-corrected chi connectivity index (χ0v) is 24.3. The van der Waals surface area contributed by atoms with Crippen LogP contribution in [0.1, 0.15) is 30.9 Å². The minimum Gasteiger partial charge on any atom is -0.488 e. The number of tetrazole rings is 1. The molecule has 2 aromatic heterocycles. The van der Waals surface area contributed by atoms with E-state index in [2.05, 4.69) is 26.0 Å². The van der Waals surface area contributed by atoms with Crippen LogP contribution in [0.15, 0.2) is 33.9 Å². The molecular formula is C25H34N8O7S. The van der Waals surface area contributed by atoms with E-state index in [0.29, 0.717) is 17.0 Å². The molecule has 0 spiro atoms. The molecule has 2 amide bonds. The van der Waals surface area contributed by atoms with Crippen molar-refractivity contribution in [2.24, 2.45) is 5.92 Å². The predicted molar refractivity (Wildman–Crippen MR) is 144 cm³/mol. The number of benzene rings is 1. The van der Waals surface area contributed by atoms with Crippen molar-refractivity contribution in [2.45, 2.75) is 57.7 Å². The number of sulfonamides is 1. The van der Waals surface area contributed by atoms with Crippen molar-refractivity contribution in [2.75, 3.05) is 32.1 Å². The van der Waals surface area contributed by atoms with Crippen LogP contribution in [0, 0.1) is 19.8 Å². The maximum Gasteiger partial charge on any atom is 0.248 e. The van der Waals surface area contributed by atoms with Gasteiger partial charge in [-0.05, 0) is 49.4 Å². The number of nitrogens with zero attached hydrogens (tertiary/aromatic N) is 7. The Bertz CT molecular complexity index is 1470. The van der Waals surface area contributed by atoms with Crippen molar-refractivity contribution >= 4 is 27.5 Å². The number of aromatic nitrogens is 5. The van der Waals surface area contributed by atoms with Crippen molar-refractivity contribution in [3.05, 3.63) is 41.5 Å². The van der Waals surface area contributed by atoms with Gasteiger partial charge in [-0.1, -0.05) is 12.1 Å². The van der Waals surface area contributed by atoms with Crippen molar-refractivity contribution in [3.8, 4) is 5.75 Å². The van der Waals surface area contributed by atoms with Crippen LogP contribution >= 0.6 is 0 Å². The average Bonchev–Trinajstić information content (AvgIpc) is 3.56. The molecule has 0 saturated heterocycles. The third-order valence-corrected chi connectivity index (χ3v) is 9.04. The summed E-state index contributed by atoms with van der Waals surface area (Å²) in [5.41, 5.74) is 1.19. The normalized spacial score (nSPS) is 18.7. The van der Waals surface area contributed by atoms with Crippen LogP contribution in [0.3, 0.4) is 0 Å². The van der Waals surface area contributed by atoms with Gasteiger partial charge in [0.25, 0.3) is 0 Å². The molecule has 3 atom stereocenters. The summed E-state index contributed by atoms with van der Waals surface area (Å²) in [7, 11) is -2.51. The van der Waals surface area contributed by atoms with E-state index >= 15 is 0 Å². The standard InChI is InChI=1S/C25H34N8O7S/c1-15-10-33(16(2)13-34)24(36)9-19-8-20(27-23(35)12-32-14-26-29-30-32)6-7-21(19)39-22(15)11-31(5)41(37,38)25-17(3)28-40-18(25)4/h6-8,14-16,22,34H,9-13H2,1-5H3,(H,27,35)/t15-,16-,22-/m1/s1. The van der Waals surface area contributed by atoms with Gasteiger partial charge >= 0.3 is 0 Å². The van der Waals surface area contributed by atoms with E-state index in [1.54, 1.807) is 36.9 Å². The van der Waals surface area contributed by atoms with E-state index in [0.717, 1.165) is 0 Å². The molecule has 2 N–H and O–H groups in total. The summed E-state index contributed by atoms with van der Waals surface area (Å²) in [4.78, 5) is 27.5. The Balaban J connectivity index is 1.64.